The van der Waals surface area contributed by atoms with E-state index in [1.165, 1.54) is 107 Å². The van der Waals surface area contributed by atoms with Crippen LogP contribution in [0, 0.1) is 11.3 Å². The molecule has 0 saturated heterocycles. The van der Waals surface area contributed by atoms with Gasteiger partial charge in [-0.15, -0.1) is 0 Å². The molecule has 392 valence electrons. The first-order valence-electron chi connectivity index (χ1n) is 29.1. The van der Waals surface area contributed by atoms with E-state index < -0.39 is 11.0 Å². The largest absolute Gasteiger partial charge is 0.472 e. The van der Waals surface area contributed by atoms with E-state index in [1.807, 2.05) is 6.08 Å². The van der Waals surface area contributed by atoms with Gasteiger partial charge in [0.1, 0.15) is 5.75 Å². The first-order valence-corrected chi connectivity index (χ1v) is 29.1. The summed E-state index contributed by atoms with van der Waals surface area (Å²) in [6, 6.07) is 87.4. The zero-order valence-electron chi connectivity index (χ0n) is 46.1. The number of hydrogen-bond acceptors (Lipinski definition) is 3. The lowest BCUT2D eigenvalue weighted by Gasteiger charge is -2.40. The van der Waals surface area contributed by atoms with Crippen molar-refractivity contribution < 1.29 is 4.74 Å². The molecule has 3 nitrogen and oxygen atoms in total. The Morgan fingerprint density at radius 2 is 1.00 bits per heavy atom. The van der Waals surface area contributed by atoms with Gasteiger partial charge in [0.25, 0.3) is 0 Å². The Hall–Kier alpha value is -8.97. The van der Waals surface area contributed by atoms with Crippen molar-refractivity contribution in [3.05, 3.63) is 298 Å². The Bertz CT molecular complexity index is 3760. The third-order valence-electron chi connectivity index (χ3n) is 16.8. The lowest BCUT2D eigenvalue weighted by Crippen LogP contribution is -2.36. The van der Waals surface area contributed by atoms with E-state index in [1.54, 1.807) is 0 Å². The number of hydrogen-bond donors (Lipinski definition) is 0. The highest BCUT2D eigenvalue weighted by Crippen LogP contribution is 2.63. The molecule has 0 N–H and O–H groups in total. The van der Waals surface area contributed by atoms with Crippen LogP contribution in [0.5, 0.6) is 5.75 Å². The summed E-state index contributed by atoms with van der Waals surface area (Å²) in [6.45, 7) is 4.58. The highest BCUT2D eigenvalue weighted by Gasteiger charge is 2.51. The first-order chi connectivity index (χ1) is 39.5. The van der Waals surface area contributed by atoms with Gasteiger partial charge >= 0.3 is 0 Å². The lowest BCUT2D eigenvalue weighted by atomic mass is 9.65. The molecule has 0 bridgehead atoms. The van der Waals surface area contributed by atoms with Gasteiger partial charge in [0.05, 0.1) is 11.5 Å². The number of ether oxygens (including phenoxy) is 1. The normalized spacial score (nSPS) is 14.8. The molecule has 1 aliphatic carbocycles. The molecule has 3 heteroatoms. The predicted octanol–water partition coefficient (Wildman–Crippen LogP) is 20.5. The Morgan fingerprint density at radius 3 is 1.56 bits per heavy atom. The number of allylic oxidation sites excluding steroid dienone is 1. The number of nitrogens with zero attached hydrogens (tertiary/aromatic N) is 2. The van der Waals surface area contributed by atoms with Gasteiger partial charge in [0.15, 0.2) is 5.60 Å². The molecule has 1 aliphatic heterocycles. The Kier molecular flexibility index (Phi) is 15.0. The van der Waals surface area contributed by atoms with Crippen LogP contribution in [-0.4, -0.2) is 0 Å². The third kappa shape index (κ3) is 9.64. The molecule has 0 spiro atoms. The van der Waals surface area contributed by atoms with Gasteiger partial charge in [0, 0.05) is 45.2 Å². The van der Waals surface area contributed by atoms with Gasteiger partial charge in [-0.25, -0.2) is 0 Å². The van der Waals surface area contributed by atoms with E-state index >= 15 is 0 Å². The fourth-order valence-electron chi connectivity index (χ4n) is 12.8. The summed E-state index contributed by atoms with van der Waals surface area (Å²) < 4.78 is 8.01. The quantitative estimate of drug-likeness (QED) is 0.0598. The summed E-state index contributed by atoms with van der Waals surface area (Å²) in [5, 5.41) is 11.4. The zero-order valence-corrected chi connectivity index (χ0v) is 46.1. The van der Waals surface area contributed by atoms with E-state index in [0.29, 0.717) is 0 Å². The number of fused-ring (bicyclic) bond motifs is 8. The van der Waals surface area contributed by atoms with Crippen molar-refractivity contribution in [1.82, 2.24) is 0 Å². The summed E-state index contributed by atoms with van der Waals surface area (Å²) in [5.41, 5.74) is 18.2. The van der Waals surface area contributed by atoms with E-state index in [-0.39, 0.29) is 0 Å². The SMILES string of the molecule is CCCCCCc1ccc(C2(c3ccc(CCCCCC)cc3)c3cc(N(c4ccccc4)c4ccccc4)ccc3-c3c2c2c(c4ccccc34)OC(c3ccccc3)(c3ccc(-c4ccc(/C=C\C#N)cc4)cc3)C=C2)cc1. The van der Waals surface area contributed by atoms with E-state index in [9.17, 15) is 0 Å². The van der Waals surface area contributed by atoms with Gasteiger partial charge in [-0.05, 0) is 141 Å². The highest BCUT2D eigenvalue weighted by atomic mass is 16.5. The monoisotopic (exact) mass is 1040 g/mol. The maximum atomic E-state index is 9.12. The predicted molar refractivity (Wildman–Crippen MR) is 335 cm³/mol. The van der Waals surface area contributed by atoms with Crippen LogP contribution in [0.2, 0.25) is 0 Å². The fourth-order valence-corrected chi connectivity index (χ4v) is 12.8. The Balaban J connectivity index is 1.11. The molecule has 10 aromatic rings. The van der Waals surface area contributed by atoms with Crippen LogP contribution in [0.3, 0.4) is 0 Å². The number of anilines is 3. The molecule has 1 heterocycles. The van der Waals surface area contributed by atoms with Crippen LogP contribution in [0.4, 0.5) is 17.1 Å². The molecule has 2 aliphatic rings. The highest BCUT2D eigenvalue weighted by molar-refractivity contribution is 6.10. The molecule has 1 atom stereocenters. The molecular formula is C77H68N2O. The van der Waals surface area contributed by atoms with Crippen molar-refractivity contribution in [2.75, 3.05) is 4.90 Å². The number of para-hydroxylation sites is 2. The van der Waals surface area contributed by atoms with Gasteiger partial charge in [0.2, 0.25) is 0 Å². The van der Waals surface area contributed by atoms with Crippen molar-refractivity contribution in [2.24, 2.45) is 0 Å². The Morgan fingerprint density at radius 1 is 0.487 bits per heavy atom. The molecule has 0 fully saturated rings. The summed E-state index contributed by atoms with van der Waals surface area (Å²) in [4.78, 5) is 2.41. The van der Waals surface area contributed by atoms with E-state index in [2.05, 4.69) is 267 Å². The lowest BCUT2D eigenvalue weighted by molar-refractivity contribution is 0.163. The van der Waals surface area contributed by atoms with Crippen LogP contribution in [-0.2, 0) is 23.9 Å². The smallest absolute Gasteiger partial charge is 0.178 e. The second-order valence-corrected chi connectivity index (χ2v) is 21.7. The van der Waals surface area contributed by atoms with E-state index in [0.717, 1.165) is 74.4 Å². The summed E-state index contributed by atoms with van der Waals surface area (Å²) in [5.74, 6) is 0.878. The molecular weight excluding hydrogens is 969 g/mol. The standard InChI is InChI=1S/C77H68N2O/c1-3-5-7-12-23-56-36-44-63(45-37-56)77(64-46-38-57(39-47-64)24-13-8-6-4-2)72-55-67(79(65-28-16-10-17-29-65)66-30-18-11-19-31-66)50-51-70(72)73-68-32-20-21-33-69(68)75-71(74(73)77)52-53-76(80-75,61-26-14-9-15-27-61)62-48-42-60(43-49-62)59-40-34-58(35-41-59)25-22-54-78/h9-11,14-22,25-53,55H,3-8,12-13,23-24H2,1-2H3/b25-22-. The van der Waals surface area contributed by atoms with Gasteiger partial charge in [-0.1, -0.05) is 253 Å². The number of rotatable bonds is 19. The maximum Gasteiger partial charge on any atom is 0.178 e. The minimum absolute atomic E-state index is 0.767. The average Bonchev–Trinajstić information content (AvgIpc) is 4.06. The molecule has 10 aromatic carbocycles. The molecule has 0 radical (unpaired) electrons. The van der Waals surface area contributed by atoms with Crippen molar-refractivity contribution >= 4 is 40.0 Å². The second-order valence-electron chi connectivity index (χ2n) is 21.7. The summed E-state index contributed by atoms with van der Waals surface area (Å²) in [6.07, 6.45) is 20.0. The topological polar surface area (TPSA) is 36.3 Å². The second kappa shape index (κ2) is 23.2. The summed E-state index contributed by atoms with van der Waals surface area (Å²) >= 11 is 0. The van der Waals surface area contributed by atoms with Crippen LogP contribution >= 0.6 is 0 Å². The van der Waals surface area contributed by atoms with Crippen molar-refractivity contribution in [3.8, 4) is 34.1 Å². The molecule has 1 unspecified atom stereocenters. The average molecular weight is 1040 g/mol. The molecule has 80 heavy (non-hydrogen) atoms. The number of aryl methyl sites for hydroxylation is 2. The molecule has 12 rings (SSSR count). The van der Waals surface area contributed by atoms with Gasteiger partial charge in [-0.2, -0.15) is 5.26 Å². The fraction of sp³-hybridized carbons (Fsp3) is 0.182. The molecule has 0 saturated carbocycles. The maximum absolute atomic E-state index is 9.12. The molecule has 0 aromatic heterocycles. The van der Waals surface area contributed by atoms with Crippen molar-refractivity contribution in [1.29, 1.82) is 5.26 Å². The van der Waals surface area contributed by atoms with Crippen LogP contribution in [0.15, 0.2) is 243 Å². The first kappa shape index (κ1) is 51.8. The van der Waals surface area contributed by atoms with Gasteiger partial charge < -0.3 is 9.64 Å². The van der Waals surface area contributed by atoms with Crippen molar-refractivity contribution in [2.45, 2.75) is 89.1 Å². The van der Waals surface area contributed by atoms with E-state index in [4.69, 9.17) is 10.00 Å². The van der Waals surface area contributed by atoms with Crippen molar-refractivity contribution in [3.63, 3.8) is 0 Å². The minimum Gasteiger partial charge on any atom is -0.472 e. The molecule has 0 amide bonds. The van der Waals surface area contributed by atoms with Crippen LogP contribution in [0.1, 0.15) is 121 Å². The van der Waals surface area contributed by atoms with Crippen LogP contribution < -0.4 is 9.64 Å². The third-order valence-corrected chi connectivity index (χ3v) is 16.8. The van der Waals surface area contributed by atoms with Gasteiger partial charge in [-0.3, -0.25) is 0 Å². The number of unbranched alkanes of at least 4 members (excludes halogenated alkanes) is 6. The zero-order chi connectivity index (χ0) is 54.3. The minimum atomic E-state index is -0.957. The Labute approximate surface area is 473 Å². The number of nitriles is 1. The summed E-state index contributed by atoms with van der Waals surface area (Å²) in [7, 11) is 0. The number of benzene rings is 10. The van der Waals surface area contributed by atoms with Crippen LogP contribution in [0.25, 0.3) is 45.2 Å².